The molecule has 3 rings (SSSR count). The molecule has 2 aromatic carbocycles. The van der Waals surface area contributed by atoms with E-state index in [1.54, 1.807) is 4.83 Å². The molecule has 0 fully saturated rings. The molecule has 1 amide bonds. The second-order valence-corrected chi connectivity index (χ2v) is 6.91. The third-order valence-electron chi connectivity index (χ3n) is 3.46. The Morgan fingerprint density at radius 3 is 2.33 bits per heavy atom. The molecule has 1 aromatic heterocycles. The lowest BCUT2D eigenvalue weighted by molar-refractivity contribution is 0.0938. The van der Waals surface area contributed by atoms with Gasteiger partial charge in [-0.15, -0.1) is 4.83 Å². The Hall–Kier alpha value is -3.18. The van der Waals surface area contributed by atoms with Crippen LogP contribution in [0.15, 0.2) is 59.9 Å². The van der Waals surface area contributed by atoms with Crippen LogP contribution in [0.1, 0.15) is 10.5 Å². The Kier molecular flexibility index (Phi) is 4.97. The number of carbonyl (C=O) groups is 1. The van der Waals surface area contributed by atoms with Gasteiger partial charge in [-0.25, -0.2) is 26.6 Å². The zero-order valence-corrected chi connectivity index (χ0v) is 14.2. The first-order chi connectivity index (χ1) is 12.8. The number of nitrogens with one attached hydrogen (secondary N) is 2. The van der Waals surface area contributed by atoms with Gasteiger partial charge in [-0.05, 0) is 36.4 Å². The van der Waals surface area contributed by atoms with Crippen LogP contribution in [0.2, 0.25) is 0 Å². The molecular formula is C16H11F3N4O3S. The molecule has 140 valence electrons. The largest absolute Gasteiger partial charge is 0.295 e. The molecule has 0 unspecified atom stereocenters. The lowest BCUT2D eigenvalue weighted by Gasteiger charge is -2.11. The van der Waals surface area contributed by atoms with E-state index < -0.39 is 38.3 Å². The molecule has 0 saturated carbocycles. The first-order valence-corrected chi connectivity index (χ1v) is 8.82. The van der Waals surface area contributed by atoms with Crippen LogP contribution in [0, 0.1) is 17.5 Å². The zero-order chi connectivity index (χ0) is 19.6. The van der Waals surface area contributed by atoms with Gasteiger partial charge in [-0.2, -0.15) is 0 Å². The maximum Gasteiger partial charge on any atom is 0.284 e. The lowest BCUT2D eigenvalue weighted by atomic mass is 10.3. The molecular weight excluding hydrogens is 385 g/mol. The number of aromatic nitrogens is 2. The summed E-state index contributed by atoms with van der Waals surface area (Å²) in [4.78, 5) is 16.9. The van der Waals surface area contributed by atoms with Crippen molar-refractivity contribution in [3.05, 3.63) is 78.1 Å². The summed E-state index contributed by atoms with van der Waals surface area (Å²) in [7, 11) is -4.48. The summed E-state index contributed by atoms with van der Waals surface area (Å²) in [5.41, 5.74) is 2.26. The number of nitrogens with zero attached hydrogens (tertiary/aromatic N) is 2. The third kappa shape index (κ3) is 3.99. The predicted octanol–water partition coefficient (Wildman–Crippen LogP) is 1.91. The monoisotopic (exact) mass is 396 g/mol. The highest BCUT2D eigenvalue weighted by Crippen LogP contribution is 2.15. The molecule has 7 nitrogen and oxygen atoms in total. The summed E-state index contributed by atoms with van der Waals surface area (Å²) in [5, 5.41) is 0. The van der Waals surface area contributed by atoms with Gasteiger partial charge >= 0.3 is 0 Å². The van der Waals surface area contributed by atoms with Crippen molar-refractivity contribution in [3.8, 4) is 5.69 Å². The van der Waals surface area contributed by atoms with Crippen LogP contribution in [0.5, 0.6) is 0 Å². The van der Waals surface area contributed by atoms with E-state index in [-0.39, 0.29) is 5.69 Å². The van der Waals surface area contributed by atoms with Crippen LogP contribution in [0.25, 0.3) is 5.69 Å². The number of hydrazine groups is 1. The minimum Gasteiger partial charge on any atom is -0.295 e. The number of hydrogen-bond acceptors (Lipinski definition) is 4. The van der Waals surface area contributed by atoms with E-state index in [2.05, 4.69) is 4.98 Å². The second kappa shape index (κ2) is 7.21. The smallest absolute Gasteiger partial charge is 0.284 e. The van der Waals surface area contributed by atoms with Crippen LogP contribution in [0.3, 0.4) is 0 Å². The Bertz CT molecular complexity index is 1100. The summed E-state index contributed by atoms with van der Waals surface area (Å²) in [5.74, 6) is -3.63. The number of benzene rings is 2. The predicted molar refractivity (Wildman–Crippen MR) is 87.7 cm³/mol. The van der Waals surface area contributed by atoms with E-state index >= 15 is 0 Å². The summed E-state index contributed by atoms with van der Waals surface area (Å²) >= 11 is 0. The molecule has 0 radical (unpaired) electrons. The number of sulfonamides is 1. The zero-order valence-electron chi connectivity index (χ0n) is 13.4. The molecule has 0 atom stereocenters. The van der Waals surface area contributed by atoms with E-state index in [9.17, 15) is 26.4 Å². The summed E-state index contributed by atoms with van der Waals surface area (Å²) < 4.78 is 65.0. The number of imidazole rings is 1. The van der Waals surface area contributed by atoms with Crippen molar-refractivity contribution in [1.29, 1.82) is 0 Å². The average Bonchev–Trinajstić information content (AvgIpc) is 3.10. The molecule has 11 heteroatoms. The molecule has 3 aromatic rings. The van der Waals surface area contributed by atoms with E-state index in [4.69, 9.17) is 0 Å². The van der Waals surface area contributed by atoms with Gasteiger partial charge in [0.2, 0.25) is 0 Å². The van der Waals surface area contributed by atoms with Crippen LogP contribution in [-0.2, 0) is 10.0 Å². The SMILES string of the molecule is O=C(NNS(=O)(=O)c1ccc(F)cc1F)c1cncn1-c1ccc(F)cc1. The first kappa shape index (κ1) is 18.6. The minimum absolute atomic E-state index is 0.0658. The molecule has 0 aliphatic carbocycles. The Balaban J connectivity index is 1.79. The normalized spacial score (nSPS) is 11.4. The average molecular weight is 396 g/mol. The molecule has 1 heterocycles. The highest BCUT2D eigenvalue weighted by Gasteiger charge is 2.21. The summed E-state index contributed by atoms with van der Waals surface area (Å²) in [6, 6.07) is 7.04. The van der Waals surface area contributed by atoms with E-state index in [0.29, 0.717) is 11.8 Å². The number of amides is 1. The molecule has 0 aliphatic heterocycles. The Labute approximate surface area is 151 Å². The lowest BCUT2D eigenvalue weighted by Crippen LogP contribution is -2.42. The van der Waals surface area contributed by atoms with Crippen molar-refractivity contribution in [2.75, 3.05) is 0 Å². The first-order valence-electron chi connectivity index (χ1n) is 7.33. The van der Waals surface area contributed by atoms with Gasteiger partial charge in [-0.3, -0.25) is 14.8 Å². The highest BCUT2D eigenvalue weighted by molar-refractivity contribution is 7.89. The van der Waals surface area contributed by atoms with Crippen LogP contribution in [-0.4, -0.2) is 23.9 Å². The van der Waals surface area contributed by atoms with Crippen molar-refractivity contribution in [1.82, 2.24) is 19.8 Å². The van der Waals surface area contributed by atoms with E-state index in [0.717, 1.165) is 18.3 Å². The van der Waals surface area contributed by atoms with E-state index in [1.807, 2.05) is 5.43 Å². The second-order valence-electron chi connectivity index (χ2n) is 5.26. The van der Waals surface area contributed by atoms with Gasteiger partial charge in [0.15, 0.2) is 0 Å². The number of rotatable bonds is 5. The minimum atomic E-state index is -4.48. The van der Waals surface area contributed by atoms with Gasteiger partial charge in [0.1, 0.15) is 28.0 Å². The van der Waals surface area contributed by atoms with Gasteiger partial charge < -0.3 is 0 Å². The molecule has 2 N–H and O–H groups in total. The number of hydrogen-bond donors (Lipinski definition) is 2. The fraction of sp³-hybridized carbons (Fsp3) is 0. The Morgan fingerprint density at radius 2 is 1.67 bits per heavy atom. The summed E-state index contributed by atoms with van der Waals surface area (Å²) in [6.45, 7) is 0. The van der Waals surface area contributed by atoms with Crippen molar-refractivity contribution < 1.29 is 26.4 Å². The third-order valence-corrected chi connectivity index (χ3v) is 4.74. The van der Waals surface area contributed by atoms with Crippen LogP contribution < -0.4 is 10.3 Å². The van der Waals surface area contributed by atoms with Gasteiger partial charge in [0.05, 0.1) is 12.5 Å². The summed E-state index contributed by atoms with van der Waals surface area (Å²) in [6.07, 6.45) is 2.43. The maximum absolute atomic E-state index is 13.6. The fourth-order valence-electron chi connectivity index (χ4n) is 2.20. The molecule has 0 aliphatic rings. The molecule has 0 spiro atoms. The Morgan fingerprint density at radius 1 is 1.00 bits per heavy atom. The van der Waals surface area contributed by atoms with Crippen molar-refractivity contribution in [3.63, 3.8) is 0 Å². The molecule has 0 bridgehead atoms. The number of halogens is 3. The molecule has 0 saturated heterocycles. The van der Waals surface area contributed by atoms with E-state index in [1.165, 1.54) is 35.2 Å². The standard InChI is InChI=1S/C16H11F3N4O3S/c17-10-1-4-12(5-2-10)23-9-20-8-14(23)16(24)21-22-27(25,26)15-6-3-11(18)7-13(15)19/h1-9,22H,(H,21,24). The highest BCUT2D eigenvalue weighted by atomic mass is 32.2. The quantitative estimate of drug-likeness (QED) is 0.645. The maximum atomic E-state index is 13.6. The molecule has 27 heavy (non-hydrogen) atoms. The van der Waals surface area contributed by atoms with Crippen molar-refractivity contribution >= 4 is 15.9 Å². The van der Waals surface area contributed by atoms with Gasteiger partial charge in [0, 0.05) is 11.8 Å². The van der Waals surface area contributed by atoms with Gasteiger partial charge in [0.25, 0.3) is 15.9 Å². The van der Waals surface area contributed by atoms with Crippen LogP contribution in [0.4, 0.5) is 13.2 Å². The number of carbonyl (C=O) groups excluding carboxylic acids is 1. The van der Waals surface area contributed by atoms with Crippen molar-refractivity contribution in [2.45, 2.75) is 4.90 Å². The fourth-order valence-corrected chi connectivity index (χ4v) is 3.10. The van der Waals surface area contributed by atoms with Crippen molar-refractivity contribution in [2.24, 2.45) is 0 Å². The topological polar surface area (TPSA) is 93.1 Å². The van der Waals surface area contributed by atoms with Gasteiger partial charge in [-0.1, -0.05) is 0 Å². The van der Waals surface area contributed by atoms with Crippen LogP contribution >= 0.6 is 0 Å².